The number of benzene rings is 1. The molecule has 0 saturated heterocycles. The fraction of sp³-hybridized carbons (Fsp3) is 0.333. The van der Waals surface area contributed by atoms with Crippen molar-refractivity contribution < 1.29 is 23.5 Å². The van der Waals surface area contributed by atoms with Crippen LogP contribution in [0.5, 0.6) is 0 Å². The number of alkyl halides is 2. The number of aliphatic carboxylic acids is 1. The van der Waals surface area contributed by atoms with Crippen LogP contribution in [0.1, 0.15) is 12.0 Å². The number of hydrogen-bond acceptors (Lipinski definition) is 2. The number of halogens is 2. The lowest BCUT2D eigenvalue weighted by molar-refractivity contribution is -0.139. The van der Waals surface area contributed by atoms with Crippen molar-refractivity contribution in [1.29, 1.82) is 0 Å². The molecule has 1 atom stereocenters. The summed E-state index contributed by atoms with van der Waals surface area (Å²) in [7, 11) is 0. The Morgan fingerprint density at radius 1 is 1.22 bits per heavy atom. The maximum Gasteiger partial charge on any atom is 0.305 e. The topological polar surface area (TPSA) is 66.4 Å². The summed E-state index contributed by atoms with van der Waals surface area (Å²) in [5.41, 5.74) is 0.679. The van der Waals surface area contributed by atoms with Crippen LogP contribution >= 0.6 is 0 Å². The van der Waals surface area contributed by atoms with Crippen molar-refractivity contribution in [2.45, 2.75) is 25.3 Å². The molecule has 0 spiro atoms. The van der Waals surface area contributed by atoms with Crippen molar-refractivity contribution in [2.75, 3.05) is 0 Å². The molecular formula is C12H13F2NO3. The average Bonchev–Trinajstić information content (AvgIpc) is 2.28. The van der Waals surface area contributed by atoms with Crippen LogP contribution < -0.4 is 5.32 Å². The number of nitrogens with one attached hydrogen (secondary N) is 1. The van der Waals surface area contributed by atoms with Crippen LogP contribution in [0.4, 0.5) is 8.78 Å². The van der Waals surface area contributed by atoms with Crippen LogP contribution in [0, 0.1) is 0 Å². The summed E-state index contributed by atoms with van der Waals surface area (Å²) >= 11 is 0. The van der Waals surface area contributed by atoms with Gasteiger partial charge in [0.2, 0.25) is 5.91 Å². The third kappa shape index (κ3) is 4.90. The molecule has 6 heteroatoms. The third-order valence-electron chi connectivity index (χ3n) is 2.25. The van der Waals surface area contributed by atoms with Crippen LogP contribution in [0.3, 0.4) is 0 Å². The molecule has 0 saturated carbocycles. The first-order chi connectivity index (χ1) is 8.49. The van der Waals surface area contributed by atoms with Crippen molar-refractivity contribution in [3.05, 3.63) is 35.9 Å². The molecular weight excluding hydrogens is 244 g/mol. The molecule has 4 nitrogen and oxygen atoms in total. The van der Waals surface area contributed by atoms with E-state index in [1.54, 1.807) is 30.3 Å². The molecule has 0 aromatic heterocycles. The normalized spacial score (nSPS) is 12.2. The second kappa shape index (κ2) is 6.68. The highest BCUT2D eigenvalue weighted by atomic mass is 19.3. The van der Waals surface area contributed by atoms with E-state index in [0.717, 1.165) is 0 Å². The average molecular weight is 257 g/mol. The number of carboxylic acids is 1. The molecule has 0 aliphatic carbocycles. The van der Waals surface area contributed by atoms with Crippen molar-refractivity contribution in [2.24, 2.45) is 0 Å². The minimum atomic E-state index is -2.90. The van der Waals surface area contributed by atoms with Gasteiger partial charge in [0.15, 0.2) is 0 Å². The predicted molar refractivity (Wildman–Crippen MR) is 60.3 cm³/mol. The van der Waals surface area contributed by atoms with E-state index in [9.17, 15) is 18.4 Å². The standard InChI is InChI=1S/C12H13F2NO3/c13-12(14)9(7-11(17)18)15-10(16)6-8-4-2-1-3-5-8/h1-5,9,12H,6-7H2,(H,15,16)(H,17,18)/t9-/m0/s1. The molecule has 18 heavy (non-hydrogen) atoms. The molecule has 0 fully saturated rings. The van der Waals surface area contributed by atoms with Gasteiger partial charge in [-0.15, -0.1) is 0 Å². The van der Waals surface area contributed by atoms with Crippen molar-refractivity contribution >= 4 is 11.9 Å². The molecule has 1 aromatic rings. The largest absolute Gasteiger partial charge is 0.481 e. The lowest BCUT2D eigenvalue weighted by Crippen LogP contribution is -2.42. The van der Waals surface area contributed by atoms with Gasteiger partial charge in [0.25, 0.3) is 6.43 Å². The zero-order valence-corrected chi connectivity index (χ0v) is 9.48. The van der Waals surface area contributed by atoms with E-state index < -0.39 is 30.8 Å². The van der Waals surface area contributed by atoms with Gasteiger partial charge in [0, 0.05) is 0 Å². The van der Waals surface area contributed by atoms with Gasteiger partial charge in [-0.25, -0.2) is 8.78 Å². The number of rotatable bonds is 6. The van der Waals surface area contributed by atoms with E-state index in [1.807, 2.05) is 5.32 Å². The summed E-state index contributed by atoms with van der Waals surface area (Å²) in [6.07, 6.45) is -3.75. The molecule has 0 bridgehead atoms. The van der Waals surface area contributed by atoms with Crippen molar-refractivity contribution in [1.82, 2.24) is 5.32 Å². The van der Waals surface area contributed by atoms with E-state index in [1.165, 1.54) is 0 Å². The van der Waals surface area contributed by atoms with Gasteiger partial charge in [-0.2, -0.15) is 0 Å². The lowest BCUT2D eigenvalue weighted by atomic mass is 10.1. The highest BCUT2D eigenvalue weighted by molar-refractivity contribution is 5.79. The van der Waals surface area contributed by atoms with Crippen LogP contribution in [-0.4, -0.2) is 29.5 Å². The van der Waals surface area contributed by atoms with Gasteiger partial charge in [-0.05, 0) is 5.56 Å². The maximum absolute atomic E-state index is 12.5. The van der Waals surface area contributed by atoms with Crippen LogP contribution in [0.25, 0.3) is 0 Å². The molecule has 0 unspecified atom stereocenters. The second-order valence-corrected chi connectivity index (χ2v) is 3.77. The number of hydrogen-bond donors (Lipinski definition) is 2. The van der Waals surface area contributed by atoms with Gasteiger partial charge < -0.3 is 10.4 Å². The summed E-state index contributed by atoms with van der Waals surface area (Å²) in [5, 5.41) is 10.5. The minimum Gasteiger partial charge on any atom is -0.481 e. The number of carbonyl (C=O) groups excluding carboxylic acids is 1. The summed E-state index contributed by atoms with van der Waals surface area (Å²) in [6, 6.07) is 6.95. The molecule has 0 heterocycles. The molecule has 98 valence electrons. The second-order valence-electron chi connectivity index (χ2n) is 3.77. The van der Waals surface area contributed by atoms with Crippen LogP contribution in [0.2, 0.25) is 0 Å². The highest BCUT2D eigenvalue weighted by Gasteiger charge is 2.24. The Balaban J connectivity index is 2.54. The molecule has 1 rings (SSSR count). The molecule has 0 aliphatic rings. The fourth-order valence-electron chi connectivity index (χ4n) is 1.43. The van der Waals surface area contributed by atoms with E-state index in [0.29, 0.717) is 5.56 Å². The summed E-state index contributed by atoms with van der Waals surface area (Å²) in [4.78, 5) is 21.8. The molecule has 1 aromatic carbocycles. The lowest BCUT2D eigenvalue weighted by Gasteiger charge is -2.15. The zero-order valence-electron chi connectivity index (χ0n) is 9.48. The molecule has 1 amide bonds. The van der Waals surface area contributed by atoms with Crippen molar-refractivity contribution in [3.8, 4) is 0 Å². The van der Waals surface area contributed by atoms with Crippen molar-refractivity contribution in [3.63, 3.8) is 0 Å². The van der Waals surface area contributed by atoms with E-state index in [2.05, 4.69) is 0 Å². The Morgan fingerprint density at radius 2 is 1.83 bits per heavy atom. The number of amides is 1. The SMILES string of the molecule is O=C(O)C[C@H](NC(=O)Cc1ccccc1)C(F)F. The first-order valence-corrected chi connectivity index (χ1v) is 5.32. The van der Waals surface area contributed by atoms with E-state index in [-0.39, 0.29) is 6.42 Å². The Labute approximate surface area is 103 Å². The quantitative estimate of drug-likeness (QED) is 0.810. The Bertz CT molecular complexity index is 409. The fourth-order valence-corrected chi connectivity index (χ4v) is 1.43. The Hall–Kier alpha value is -1.98. The van der Waals surface area contributed by atoms with Crippen LogP contribution in [-0.2, 0) is 16.0 Å². The Kier molecular flexibility index (Phi) is 5.23. The van der Waals surface area contributed by atoms with Gasteiger partial charge in [0.05, 0.1) is 12.8 Å². The van der Waals surface area contributed by atoms with E-state index in [4.69, 9.17) is 5.11 Å². The molecule has 0 aliphatic heterocycles. The summed E-state index contributed by atoms with van der Waals surface area (Å²) in [5.74, 6) is -1.99. The van der Waals surface area contributed by atoms with Gasteiger partial charge in [0.1, 0.15) is 6.04 Å². The van der Waals surface area contributed by atoms with Gasteiger partial charge >= 0.3 is 5.97 Å². The number of carbonyl (C=O) groups is 2. The first-order valence-electron chi connectivity index (χ1n) is 5.32. The van der Waals surface area contributed by atoms with Gasteiger partial charge in [-0.3, -0.25) is 9.59 Å². The predicted octanol–water partition coefficient (Wildman–Crippen LogP) is 1.45. The summed E-state index contributed by atoms with van der Waals surface area (Å²) in [6.45, 7) is 0. The van der Waals surface area contributed by atoms with Gasteiger partial charge in [-0.1, -0.05) is 30.3 Å². The number of carboxylic acid groups (broad SMARTS) is 1. The molecule has 2 N–H and O–H groups in total. The summed E-state index contributed by atoms with van der Waals surface area (Å²) < 4.78 is 25.0. The maximum atomic E-state index is 12.5. The Morgan fingerprint density at radius 3 is 2.33 bits per heavy atom. The zero-order chi connectivity index (χ0) is 13.5. The first kappa shape index (κ1) is 14.1. The van der Waals surface area contributed by atoms with Crippen LogP contribution in [0.15, 0.2) is 30.3 Å². The monoisotopic (exact) mass is 257 g/mol. The highest BCUT2D eigenvalue weighted by Crippen LogP contribution is 2.06. The molecule has 0 radical (unpaired) electrons. The van der Waals surface area contributed by atoms with E-state index >= 15 is 0 Å². The minimum absolute atomic E-state index is 0.0519. The third-order valence-corrected chi connectivity index (χ3v) is 2.25. The smallest absolute Gasteiger partial charge is 0.305 e.